The lowest BCUT2D eigenvalue weighted by Gasteiger charge is -2.20. The van der Waals surface area contributed by atoms with Crippen molar-refractivity contribution < 1.29 is 9.18 Å². The highest BCUT2D eigenvalue weighted by molar-refractivity contribution is 5.93. The molecule has 0 atom stereocenters. The monoisotopic (exact) mass is 428 g/mol. The number of rotatable bonds is 8. The quantitative estimate of drug-likeness (QED) is 0.546. The first kappa shape index (κ1) is 22.8. The number of hydrogen-bond acceptors (Lipinski definition) is 3. The van der Waals surface area contributed by atoms with E-state index in [-0.39, 0.29) is 24.8 Å². The largest absolute Gasteiger partial charge is 0.326 e. The van der Waals surface area contributed by atoms with Gasteiger partial charge in [-0.2, -0.15) is 5.26 Å². The summed E-state index contributed by atoms with van der Waals surface area (Å²) < 4.78 is 15.1. The molecule has 3 rings (SSSR count). The number of carbonyl (C=O) groups excluding carboxylic acids is 1. The van der Waals surface area contributed by atoms with E-state index in [1.807, 2.05) is 48.7 Å². The third-order valence-corrected chi connectivity index (χ3v) is 5.38. The van der Waals surface area contributed by atoms with Crippen LogP contribution >= 0.6 is 0 Å². The summed E-state index contributed by atoms with van der Waals surface area (Å²) in [5, 5.41) is 12.6. The molecule has 0 saturated heterocycles. The van der Waals surface area contributed by atoms with Gasteiger partial charge >= 0.3 is 0 Å². The normalized spacial score (nSPS) is 10.6. The first-order chi connectivity index (χ1) is 15.4. The maximum atomic E-state index is 13.2. The number of amides is 1. The molecule has 0 spiro atoms. The molecule has 0 aliphatic carbocycles. The number of hydrogen-bond donors (Lipinski definition) is 1. The van der Waals surface area contributed by atoms with Crippen LogP contribution in [0.25, 0.3) is 0 Å². The number of aromatic nitrogens is 1. The minimum atomic E-state index is -0.316. The van der Waals surface area contributed by atoms with Crippen LogP contribution in [0.3, 0.4) is 0 Å². The van der Waals surface area contributed by atoms with Crippen molar-refractivity contribution in [1.29, 1.82) is 5.26 Å². The van der Waals surface area contributed by atoms with Crippen LogP contribution in [0.2, 0.25) is 0 Å². The van der Waals surface area contributed by atoms with Gasteiger partial charge in [-0.15, -0.1) is 6.42 Å². The van der Waals surface area contributed by atoms with E-state index in [9.17, 15) is 14.4 Å². The van der Waals surface area contributed by atoms with E-state index >= 15 is 0 Å². The maximum absolute atomic E-state index is 13.2. The first-order valence-corrected chi connectivity index (χ1v) is 10.3. The third-order valence-electron chi connectivity index (χ3n) is 5.38. The first-order valence-electron chi connectivity index (χ1n) is 10.3. The Hall–Kier alpha value is -3.87. The molecule has 0 saturated carbocycles. The van der Waals surface area contributed by atoms with Gasteiger partial charge in [0.05, 0.1) is 18.7 Å². The van der Waals surface area contributed by atoms with Crippen molar-refractivity contribution in [2.45, 2.75) is 26.9 Å². The summed E-state index contributed by atoms with van der Waals surface area (Å²) in [7, 11) is 0. The van der Waals surface area contributed by atoms with E-state index in [0.29, 0.717) is 24.5 Å². The topological polar surface area (TPSA) is 61.1 Å². The van der Waals surface area contributed by atoms with Gasteiger partial charge < -0.3 is 9.88 Å². The maximum Gasteiger partial charge on any atom is 0.239 e. The standard InChI is InChI=1S/C26H25FN4O/c1-4-14-30(16-22-10-12-23(27)13-11-22)18-25(32)29-26-24(15-28)19(2)20(3)31(26)17-21-8-6-5-7-9-21/h1,5-13H,14,16-18H2,2-3H3,(H,29,32). The SMILES string of the molecule is C#CCN(CC(=O)Nc1c(C#N)c(C)c(C)n1Cc1ccccc1)Cc1ccc(F)cc1. The summed E-state index contributed by atoms with van der Waals surface area (Å²) >= 11 is 0. The molecule has 0 aliphatic heterocycles. The number of terminal acetylenes is 1. The Morgan fingerprint density at radius 3 is 2.44 bits per heavy atom. The lowest BCUT2D eigenvalue weighted by molar-refractivity contribution is -0.117. The van der Waals surface area contributed by atoms with E-state index in [1.54, 1.807) is 17.0 Å². The van der Waals surface area contributed by atoms with Crippen LogP contribution in [0.4, 0.5) is 10.2 Å². The van der Waals surface area contributed by atoms with Gasteiger partial charge in [0, 0.05) is 18.8 Å². The van der Waals surface area contributed by atoms with Crippen molar-refractivity contribution in [3.05, 3.63) is 88.4 Å². The van der Waals surface area contributed by atoms with E-state index < -0.39 is 0 Å². The smallest absolute Gasteiger partial charge is 0.239 e. The van der Waals surface area contributed by atoms with Gasteiger partial charge in [0.25, 0.3) is 0 Å². The number of halogens is 1. The Labute approximate surface area is 188 Å². The van der Waals surface area contributed by atoms with Crippen LogP contribution < -0.4 is 5.32 Å². The fourth-order valence-corrected chi connectivity index (χ4v) is 3.61. The molecule has 1 aromatic heterocycles. The zero-order valence-corrected chi connectivity index (χ0v) is 18.2. The van der Waals surface area contributed by atoms with Gasteiger partial charge in [-0.05, 0) is 42.7 Å². The minimum Gasteiger partial charge on any atom is -0.326 e. The van der Waals surface area contributed by atoms with Gasteiger partial charge in [0.2, 0.25) is 5.91 Å². The van der Waals surface area contributed by atoms with Crippen LogP contribution in [0.5, 0.6) is 0 Å². The molecular weight excluding hydrogens is 403 g/mol. The van der Waals surface area contributed by atoms with E-state index in [2.05, 4.69) is 17.3 Å². The molecular formula is C26H25FN4O. The average Bonchev–Trinajstić information content (AvgIpc) is 3.00. The second kappa shape index (κ2) is 10.4. The van der Waals surface area contributed by atoms with Crippen molar-refractivity contribution in [3.63, 3.8) is 0 Å². The third kappa shape index (κ3) is 5.43. The molecule has 0 bridgehead atoms. The molecule has 1 heterocycles. The molecule has 5 nitrogen and oxygen atoms in total. The van der Waals surface area contributed by atoms with Crippen LogP contribution in [-0.4, -0.2) is 28.5 Å². The Kier molecular flexibility index (Phi) is 7.44. The van der Waals surface area contributed by atoms with E-state index in [4.69, 9.17) is 6.42 Å². The van der Waals surface area contributed by atoms with Gasteiger partial charge in [0.1, 0.15) is 17.7 Å². The second-order valence-corrected chi connectivity index (χ2v) is 7.64. The summed E-state index contributed by atoms with van der Waals surface area (Å²) in [6, 6.07) is 18.2. The van der Waals surface area contributed by atoms with E-state index in [1.165, 1.54) is 12.1 Å². The summed E-state index contributed by atoms with van der Waals surface area (Å²) in [5.74, 6) is 2.46. The number of carbonyl (C=O) groups is 1. The molecule has 162 valence electrons. The molecule has 1 amide bonds. The van der Waals surface area contributed by atoms with Crippen molar-refractivity contribution in [2.24, 2.45) is 0 Å². The molecule has 0 radical (unpaired) electrons. The number of nitriles is 1. The fraction of sp³-hybridized carbons (Fsp3) is 0.231. The Morgan fingerprint density at radius 2 is 1.81 bits per heavy atom. The Morgan fingerprint density at radius 1 is 1.12 bits per heavy atom. The minimum absolute atomic E-state index is 0.0427. The molecule has 32 heavy (non-hydrogen) atoms. The lowest BCUT2D eigenvalue weighted by Crippen LogP contribution is -2.34. The molecule has 6 heteroatoms. The Bertz CT molecular complexity index is 1170. The van der Waals surface area contributed by atoms with E-state index in [0.717, 1.165) is 22.4 Å². The molecule has 0 fully saturated rings. The highest BCUT2D eigenvalue weighted by Crippen LogP contribution is 2.27. The van der Waals surface area contributed by atoms with Crippen molar-refractivity contribution in [3.8, 4) is 18.4 Å². The number of nitrogens with one attached hydrogen (secondary N) is 1. The van der Waals surface area contributed by atoms with Crippen molar-refractivity contribution in [2.75, 3.05) is 18.4 Å². The second-order valence-electron chi connectivity index (χ2n) is 7.64. The highest BCUT2D eigenvalue weighted by Gasteiger charge is 2.21. The number of anilines is 1. The summed E-state index contributed by atoms with van der Waals surface area (Å²) in [6.45, 7) is 5.07. The predicted molar refractivity (Wildman–Crippen MR) is 123 cm³/mol. The highest BCUT2D eigenvalue weighted by atomic mass is 19.1. The van der Waals surface area contributed by atoms with Crippen LogP contribution in [0.15, 0.2) is 54.6 Å². The number of nitrogens with zero attached hydrogens (tertiary/aromatic N) is 3. The zero-order valence-electron chi connectivity index (χ0n) is 18.2. The molecule has 3 aromatic rings. The van der Waals surface area contributed by atoms with Gasteiger partial charge in [-0.25, -0.2) is 4.39 Å². The molecule has 0 aliphatic rings. The van der Waals surface area contributed by atoms with Crippen LogP contribution in [0.1, 0.15) is 27.9 Å². The number of benzene rings is 2. The lowest BCUT2D eigenvalue weighted by atomic mass is 10.2. The van der Waals surface area contributed by atoms with Crippen molar-refractivity contribution in [1.82, 2.24) is 9.47 Å². The summed E-state index contributed by atoms with van der Waals surface area (Å²) in [5.41, 5.74) is 4.13. The van der Waals surface area contributed by atoms with Gasteiger partial charge in [-0.3, -0.25) is 9.69 Å². The van der Waals surface area contributed by atoms with Crippen LogP contribution in [0, 0.1) is 43.3 Å². The molecule has 0 unspecified atom stereocenters. The predicted octanol–water partition coefficient (Wildman–Crippen LogP) is 4.24. The van der Waals surface area contributed by atoms with Gasteiger partial charge in [0.15, 0.2) is 0 Å². The summed E-state index contributed by atoms with van der Waals surface area (Å²) in [6.07, 6.45) is 5.48. The zero-order chi connectivity index (χ0) is 23.1. The van der Waals surface area contributed by atoms with Crippen LogP contribution in [-0.2, 0) is 17.9 Å². The molecule has 1 N–H and O–H groups in total. The Balaban J connectivity index is 1.81. The summed E-state index contributed by atoms with van der Waals surface area (Å²) in [4.78, 5) is 14.7. The molecule has 2 aromatic carbocycles. The van der Waals surface area contributed by atoms with Gasteiger partial charge in [-0.1, -0.05) is 48.4 Å². The van der Waals surface area contributed by atoms with Crippen molar-refractivity contribution >= 4 is 11.7 Å². The average molecular weight is 429 g/mol. The fourth-order valence-electron chi connectivity index (χ4n) is 3.61.